The van der Waals surface area contributed by atoms with Crippen LogP contribution in [0.4, 0.5) is 0 Å². The molecule has 1 N–H and O–H groups in total. The van der Waals surface area contributed by atoms with Crippen molar-refractivity contribution < 1.29 is 19.4 Å². The molecule has 0 saturated heterocycles. The number of carbonyl (C=O) groups is 2. The van der Waals surface area contributed by atoms with E-state index >= 15 is 0 Å². The van der Waals surface area contributed by atoms with Crippen LogP contribution in [0.2, 0.25) is 0 Å². The standard InChI is InChI=1S/C22H32O4/c1-21-9-8-18-16(17(21)5-6-19(21)20(25)12-23)4-3-14-11-15(24)7-10-22(14,18)13-26-2/h11,16-19,23H,3-10,12-13H2,1-2H3/t16-,17-,18-,19+,21?,22+/m0/s1. The maximum Gasteiger partial charge on any atom is 0.161 e. The van der Waals surface area contributed by atoms with Crippen molar-refractivity contribution in [2.45, 2.75) is 58.3 Å². The van der Waals surface area contributed by atoms with Gasteiger partial charge >= 0.3 is 0 Å². The molecule has 0 heterocycles. The van der Waals surface area contributed by atoms with Crippen LogP contribution in [0.3, 0.4) is 0 Å². The van der Waals surface area contributed by atoms with Gasteiger partial charge in [-0.05, 0) is 74.2 Å². The third kappa shape index (κ3) is 2.48. The van der Waals surface area contributed by atoms with Crippen LogP contribution >= 0.6 is 0 Å². The number of aliphatic hydroxyl groups excluding tert-OH is 1. The van der Waals surface area contributed by atoms with E-state index < -0.39 is 0 Å². The summed E-state index contributed by atoms with van der Waals surface area (Å²) < 4.78 is 5.70. The van der Waals surface area contributed by atoms with Crippen molar-refractivity contribution in [2.75, 3.05) is 20.3 Å². The van der Waals surface area contributed by atoms with Crippen molar-refractivity contribution >= 4 is 11.6 Å². The van der Waals surface area contributed by atoms with Gasteiger partial charge in [0.25, 0.3) is 0 Å². The SMILES string of the molecule is COC[C@]12CCC(=O)C=C1CC[C@H]1[C@@H]3CC[C@H](C(=O)CO)C3(C)CC[C@@H]12. The Hall–Kier alpha value is -1.00. The predicted octanol–water partition coefficient (Wildman–Crippen LogP) is 3.32. The molecule has 3 fully saturated rings. The van der Waals surface area contributed by atoms with Crippen LogP contribution in [0.15, 0.2) is 11.6 Å². The maximum absolute atomic E-state index is 12.3. The van der Waals surface area contributed by atoms with Gasteiger partial charge in [-0.2, -0.15) is 0 Å². The fraction of sp³-hybridized carbons (Fsp3) is 0.818. The Labute approximate surface area is 156 Å². The Balaban J connectivity index is 1.67. The Morgan fingerprint density at radius 2 is 2.00 bits per heavy atom. The highest BCUT2D eigenvalue weighted by molar-refractivity contribution is 5.91. The second-order valence-corrected chi connectivity index (χ2v) is 9.44. The molecule has 144 valence electrons. The Bertz CT molecular complexity index is 638. The zero-order valence-corrected chi connectivity index (χ0v) is 16.1. The fourth-order valence-corrected chi connectivity index (χ4v) is 7.53. The topological polar surface area (TPSA) is 63.6 Å². The van der Waals surface area contributed by atoms with E-state index in [4.69, 9.17) is 4.74 Å². The maximum atomic E-state index is 12.3. The monoisotopic (exact) mass is 360 g/mol. The van der Waals surface area contributed by atoms with Crippen LogP contribution in [0, 0.1) is 34.5 Å². The molecular formula is C22H32O4. The van der Waals surface area contributed by atoms with Crippen molar-refractivity contribution in [3.05, 3.63) is 11.6 Å². The van der Waals surface area contributed by atoms with Gasteiger partial charge in [-0.25, -0.2) is 0 Å². The summed E-state index contributed by atoms with van der Waals surface area (Å²) in [6.07, 6.45) is 9.84. The largest absolute Gasteiger partial charge is 0.389 e. The van der Waals surface area contributed by atoms with Crippen molar-refractivity contribution in [3.8, 4) is 0 Å². The molecule has 4 nitrogen and oxygen atoms in total. The molecule has 3 saturated carbocycles. The molecule has 0 spiro atoms. The fourth-order valence-electron chi connectivity index (χ4n) is 7.53. The molecule has 0 radical (unpaired) electrons. The summed E-state index contributed by atoms with van der Waals surface area (Å²) in [6, 6.07) is 0. The number of aliphatic hydroxyl groups is 1. The first-order valence-electron chi connectivity index (χ1n) is 10.3. The van der Waals surface area contributed by atoms with Crippen molar-refractivity contribution in [1.29, 1.82) is 0 Å². The summed E-state index contributed by atoms with van der Waals surface area (Å²) in [5.74, 6) is 2.10. The van der Waals surface area contributed by atoms with Gasteiger partial charge in [-0.3, -0.25) is 9.59 Å². The minimum Gasteiger partial charge on any atom is -0.389 e. The van der Waals surface area contributed by atoms with Crippen LogP contribution in [-0.4, -0.2) is 37.0 Å². The Kier molecular flexibility index (Phi) is 4.63. The van der Waals surface area contributed by atoms with E-state index in [9.17, 15) is 14.7 Å². The van der Waals surface area contributed by atoms with Crippen LogP contribution in [0.1, 0.15) is 58.3 Å². The average Bonchev–Trinajstić information content (AvgIpc) is 2.99. The summed E-state index contributed by atoms with van der Waals surface area (Å²) >= 11 is 0. The van der Waals surface area contributed by atoms with Gasteiger partial charge < -0.3 is 9.84 Å². The van der Waals surface area contributed by atoms with Gasteiger partial charge in [-0.15, -0.1) is 0 Å². The molecule has 0 amide bonds. The van der Waals surface area contributed by atoms with Gasteiger partial charge in [0.2, 0.25) is 0 Å². The van der Waals surface area contributed by atoms with E-state index in [1.165, 1.54) is 5.57 Å². The summed E-state index contributed by atoms with van der Waals surface area (Å²) in [6.45, 7) is 2.71. The number of rotatable bonds is 4. The van der Waals surface area contributed by atoms with E-state index in [0.29, 0.717) is 24.2 Å². The number of carbonyl (C=O) groups excluding carboxylic acids is 2. The molecule has 4 rings (SSSR count). The zero-order chi connectivity index (χ0) is 18.5. The second kappa shape index (κ2) is 6.56. The third-order valence-electron chi connectivity index (χ3n) is 8.63. The number of fused-ring (bicyclic) bond motifs is 5. The van der Waals surface area contributed by atoms with Crippen molar-refractivity contribution in [2.24, 2.45) is 34.5 Å². The van der Waals surface area contributed by atoms with Gasteiger partial charge in [0.15, 0.2) is 11.6 Å². The van der Waals surface area contributed by atoms with Crippen LogP contribution in [0.25, 0.3) is 0 Å². The molecule has 1 unspecified atom stereocenters. The Morgan fingerprint density at radius 3 is 2.73 bits per heavy atom. The molecule has 4 aliphatic carbocycles. The summed E-state index contributed by atoms with van der Waals surface area (Å²) in [7, 11) is 1.78. The summed E-state index contributed by atoms with van der Waals surface area (Å²) in [5, 5.41) is 9.42. The van der Waals surface area contributed by atoms with Gasteiger partial charge in [0, 0.05) is 24.9 Å². The van der Waals surface area contributed by atoms with Crippen molar-refractivity contribution in [1.82, 2.24) is 0 Å². The Morgan fingerprint density at radius 1 is 1.19 bits per heavy atom. The number of ether oxygens (including phenoxy) is 1. The van der Waals surface area contributed by atoms with Crippen LogP contribution in [0.5, 0.6) is 0 Å². The van der Waals surface area contributed by atoms with Crippen LogP contribution < -0.4 is 0 Å². The molecule has 0 aromatic rings. The number of hydrogen-bond donors (Lipinski definition) is 1. The zero-order valence-electron chi connectivity index (χ0n) is 16.1. The summed E-state index contributed by atoms with van der Waals surface area (Å²) in [5.41, 5.74) is 1.41. The first-order chi connectivity index (χ1) is 12.5. The van der Waals surface area contributed by atoms with Gasteiger partial charge in [-0.1, -0.05) is 12.5 Å². The van der Waals surface area contributed by atoms with Gasteiger partial charge in [0.05, 0.1) is 6.61 Å². The van der Waals surface area contributed by atoms with E-state index in [1.54, 1.807) is 7.11 Å². The normalized spacial score (nSPS) is 44.7. The van der Waals surface area contributed by atoms with Crippen LogP contribution in [-0.2, 0) is 14.3 Å². The second-order valence-electron chi connectivity index (χ2n) is 9.44. The predicted molar refractivity (Wildman–Crippen MR) is 98.5 cm³/mol. The molecule has 6 atom stereocenters. The molecule has 0 bridgehead atoms. The quantitative estimate of drug-likeness (QED) is 0.835. The molecule has 26 heavy (non-hydrogen) atoms. The lowest BCUT2D eigenvalue weighted by Gasteiger charge is -2.58. The molecule has 0 aromatic carbocycles. The lowest BCUT2D eigenvalue weighted by atomic mass is 9.46. The van der Waals surface area contributed by atoms with Gasteiger partial charge in [0.1, 0.15) is 6.61 Å². The third-order valence-corrected chi connectivity index (χ3v) is 8.63. The number of Topliss-reactive ketones (excluding diaryl/α,β-unsaturated/α-hetero) is 1. The van der Waals surface area contributed by atoms with Crippen molar-refractivity contribution in [3.63, 3.8) is 0 Å². The highest BCUT2D eigenvalue weighted by atomic mass is 16.5. The molecule has 0 aromatic heterocycles. The first kappa shape index (κ1) is 18.4. The molecule has 4 aliphatic rings. The summed E-state index contributed by atoms with van der Waals surface area (Å²) in [4.78, 5) is 24.4. The van der Waals surface area contributed by atoms with E-state index in [-0.39, 0.29) is 34.9 Å². The minimum atomic E-state index is -0.316. The highest BCUT2D eigenvalue weighted by Gasteiger charge is 2.61. The van der Waals surface area contributed by atoms with E-state index in [1.807, 2.05) is 6.08 Å². The highest BCUT2D eigenvalue weighted by Crippen LogP contribution is 2.66. The molecule has 0 aliphatic heterocycles. The number of hydrogen-bond acceptors (Lipinski definition) is 4. The minimum absolute atomic E-state index is 0.0293. The lowest BCUT2D eigenvalue weighted by Crippen LogP contribution is -2.53. The molecule has 4 heteroatoms. The van der Waals surface area contributed by atoms with E-state index in [2.05, 4.69) is 6.92 Å². The lowest BCUT2D eigenvalue weighted by molar-refractivity contribution is -0.134. The number of ketones is 2. The first-order valence-corrected chi connectivity index (χ1v) is 10.3. The van der Waals surface area contributed by atoms with E-state index in [0.717, 1.165) is 51.6 Å². The number of methoxy groups -OCH3 is 1. The average molecular weight is 360 g/mol. The molecular weight excluding hydrogens is 328 g/mol. The smallest absolute Gasteiger partial charge is 0.161 e.